The van der Waals surface area contributed by atoms with Gasteiger partial charge in [0, 0.05) is 14.1 Å². The SMILES string of the molecule is COC(=O)OC1=C(O)CN(C)S(=O)(=O)N1C. The predicted molar refractivity (Wildman–Crippen MR) is 52.5 cm³/mol. The van der Waals surface area contributed by atoms with Gasteiger partial charge in [-0.1, -0.05) is 0 Å². The molecule has 0 aromatic carbocycles. The Morgan fingerprint density at radius 2 is 2.00 bits per heavy atom. The van der Waals surface area contributed by atoms with E-state index >= 15 is 0 Å². The normalized spacial score (nSPS) is 20.8. The van der Waals surface area contributed by atoms with Gasteiger partial charge in [-0.15, -0.1) is 0 Å². The van der Waals surface area contributed by atoms with Gasteiger partial charge in [-0.3, -0.25) is 0 Å². The third-order valence-corrected chi connectivity index (χ3v) is 3.77. The molecule has 1 aliphatic heterocycles. The molecule has 0 spiro atoms. The molecule has 0 amide bonds. The minimum Gasteiger partial charge on any atom is -0.506 e. The quantitative estimate of drug-likeness (QED) is 0.639. The van der Waals surface area contributed by atoms with Gasteiger partial charge in [0.05, 0.1) is 13.7 Å². The number of methoxy groups -OCH3 is 1. The zero-order chi connectivity index (χ0) is 12.5. The lowest BCUT2D eigenvalue weighted by Gasteiger charge is -2.31. The smallest absolute Gasteiger partial charge is 0.506 e. The average molecular weight is 252 g/mol. The molecule has 92 valence electrons. The summed E-state index contributed by atoms with van der Waals surface area (Å²) in [6.07, 6.45) is -1.10. The Kier molecular flexibility index (Phi) is 3.29. The summed E-state index contributed by atoms with van der Waals surface area (Å²) in [5.41, 5.74) is 0. The lowest BCUT2D eigenvalue weighted by Crippen LogP contribution is -2.45. The fourth-order valence-electron chi connectivity index (χ4n) is 1.10. The lowest BCUT2D eigenvalue weighted by atomic mass is 10.5. The minimum absolute atomic E-state index is 0.265. The summed E-state index contributed by atoms with van der Waals surface area (Å²) >= 11 is 0. The van der Waals surface area contributed by atoms with E-state index in [4.69, 9.17) is 0 Å². The van der Waals surface area contributed by atoms with Crippen LogP contribution in [-0.4, -0.2) is 56.0 Å². The number of nitrogens with zero attached hydrogens (tertiary/aromatic N) is 2. The first-order valence-electron chi connectivity index (χ1n) is 4.18. The Morgan fingerprint density at radius 1 is 1.44 bits per heavy atom. The molecule has 0 atom stereocenters. The summed E-state index contributed by atoms with van der Waals surface area (Å²) < 4.78 is 33.5. The van der Waals surface area contributed by atoms with Crippen LogP contribution in [0.25, 0.3) is 0 Å². The van der Waals surface area contributed by atoms with Crippen molar-refractivity contribution < 1.29 is 27.8 Å². The van der Waals surface area contributed by atoms with Gasteiger partial charge in [-0.2, -0.15) is 12.7 Å². The van der Waals surface area contributed by atoms with E-state index in [1.165, 1.54) is 7.05 Å². The van der Waals surface area contributed by atoms with Crippen molar-refractivity contribution in [2.45, 2.75) is 0 Å². The summed E-state index contributed by atoms with van der Waals surface area (Å²) in [6.45, 7) is -0.265. The maximum Gasteiger partial charge on any atom is 0.514 e. The largest absolute Gasteiger partial charge is 0.514 e. The number of likely N-dealkylation sites (N-methyl/N-ethyl adjacent to an activating group) is 1. The number of hydrogen-bond acceptors (Lipinski definition) is 6. The molecule has 0 radical (unpaired) electrons. The van der Waals surface area contributed by atoms with Crippen LogP contribution >= 0.6 is 0 Å². The maximum atomic E-state index is 11.6. The van der Waals surface area contributed by atoms with Crippen molar-refractivity contribution in [2.24, 2.45) is 0 Å². The molecule has 1 N–H and O–H groups in total. The van der Waals surface area contributed by atoms with Gasteiger partial charge in [0.1, 0.15) is 0 Å². The molecule has 1 aliphatic rings. The number of hydrogen-bond donors (Lipinski definition) is 1. The Morgan fingerprint density at radius 3 is 2.50 bits per heavy atom. The first kappa shape index (κ1) is 12.6. The molecular formula is C7H12N2O6S. The monoisotopic (exact) mass is 252 g/mol. The third kappa shape index (κ3) is 2.04. The summed E-state index contributed by atoms with van der Waals surface area (Å²) in [6, 6.07) is 0. The molecule has 0 fully saturated rings. The topological polar surface area (TPSA) is 96.4 Å². The van der Waals surface area contributed by atoms with Crippen molar-refractivity contribution in [3.63, 3.8) is 0 Å². The number of carbonyl (C=O) groups is 1. The van der Waals surface area contributed by atoms with Crippen LogP contribution in [-0.2, 0) is 19.7 Å². The Balaban J connectivity index is 3.07. The van der Waals surface area contributed by atoms with Crippen LogP contribution in [0.5, 0.6) is 0 Å². The third-order valence-electron chi connectivity index (χ3n) is 1.99. The van der Waals surface area contributed by atoms with Gasteiger partial charge in [0.25, 0.3) is 5.88 Å². The van der Waals surface area contributed by atoms with Crippen LogP contribution in [0.15, 0.2) is 11.6 Å². The van der Waals surface area contributed by atoms with Crippen LogP contribution in [0.1, 0.15) is 0 Å². The highest BCUT2D eigenvalue weighted by molar-refractivity contribution is 7.86. The molecule has 16 heavy (non-hydrogen) atoms. The number of rotatable bonds is 1. The molecule has 0 aliphatic carbocycles. The molecule has 8 nitrogen and oxygen atoms in total. The molecule has 0 aromatic heterocycles. The Bertz CT molecular complexity index is 428. The minimum atomic E-state index is -3.76. The molecule has 0 saturated carbocycles. The van der Waals surface area contributed by atoms with Crippen LogP contribution in [0.2, 0.25) is 0 Å². The average Bonchev–Trinajstić information content (AvgIpc) is 2.22. The Labute approximate surface area is 92.8 Å². The van der Waals surface area contributed by atoms with Crippen LogP contribution in [0.4, 0.5) is 4.79 Å². The highest BCUT2D eigenvalue weighted by Gasteiger charge is 2.36. The summed E-state index contributed by atoms with van der Waals surface area (Å²) in [7, 11) is -0.246. The molecule has 0 bridgehead atoms. The maximum absolute atomic E-state index is 11.6. The van der Waals surface area contributed by atoms with E-state index < -0.39 is 22.2 Å². The van der Waals surface area contributed by atoms with Gasteiger partial charge < -0.3 is 14.6 Å². The summed E-state index contributed by atoms with van der Waals surface area (Å²) in [5.74, 6) is -0.824. The van der Waals surface area contributed by atoms with Gasteiger partial charge in [-0.25, -0.2) is 9.10 Å². The van der Waals surface area contributed by atoms with E-state index in [1.54, 1.807) is 0 Å². The summed E-state index contributed by atoms with van der Waals surface area (Å²) in [4.78, 5) is 10.8. The van der Waals surface area contributed by atoms with E-state index in [-0.39, 0.29) is 12.3 Å². The highest BCUT2D eigenvalue weighted by Crippen LogP contribution is 2.22. The zero-order valence-electron chi connectivity index (χ0n) is 9.00. The van der Waals surface area contributed by atoms with Crippen molar-refractivity contribution in [3.8, 4) is 0 Å². The standard InChI is InChI=1S/C7H12N2O6S/c1-8-4-5(10)6(15-7(11)14-3)9(2)16(8,12)13/h10H,4H2,1-3H3. The second-order valence-electron chi connectivity index (χ2n) is 3.04. The zero-order valence-corrected chi connectivity index (χ0v) is 9.81. The van der Waals surface area contributed by atoms with E-state index in [0.717, 1.165) is 18.5 Å². The van der Waals surface area contributed by atoms with Gasteiger partial charge in [-0.05, 0) is 0 Å². The van der Waals surface area contributed by atoms with E-state index in [2.05, 4.69) is 9.47 Å². The molecule has 0 unspecified atom stereocenters. The van der Waals surface area contributed by atoms with E-state index in [1.807, 2.05) is 0 Å². The van der Waals surface area contributed by atoms with Crippen LogP contribution < -0.4 is 0 Å². The highest BCUT2D eigenvalue weighted by atomic mass is 32.2. The van der Waals surface area contributed by atoms with Gasteiger partial charge in [0.2, 0.25) is 0 Å². The predicted octanol–water partition coefficient (Wildman–Crippen LogP) is -0.381. The van der Waals surface area contributed by atoms with Crippen molar-refractivity contribution in [2.75, 3.05) is 27.7 Å². The number of ether oxygens (including phenoxy) is 2. The number of carbonyl (C=O) groups excluding carboxylic acids is 1. The fraction of sp³-hybridized carbons (Fsp3) is 0.571. The molecule has 1 heterocycles. The number of aliphatic hydroxyl groups excluding tert-OH is 1. The second-order valence-corrected chi connectivity index (χ2v) is 5.11. The van der Waals surface area contributed by atoms with E-state index in [0.29, 0.717) is 4.31 Å². The van der Waals surface area contributed by atoms with Crippen molar-refractivity contribution in [1.29, 1.82) is 0 Å². The lowest BCUT2D eigenvalue weighted by molar-refractivity contribution is 0.0747. The molecule has 9 heteroatoms. The number of aliphatic hydroxyl groups is 1. The van der Waals surface area contributed by atoms with Crippen molar-refractivity contribution >= 4 is 16.4 Å². The van der Waals surface area contributed by atoms with Crippen LogP contribution in [0.3, 0.4) is 0 Å². The van der Waals surface area contributed by atoms with Crippen LogP contribution in [0, 0.1) is 0 Å². The van der Waals surface area contributed by atoms with E-state index in [9.17, 15) is 18.3 Å². The second kappa shape index (κ2) is 4.18. The molecular weight excluding hydrogens is 240 g/mol. The first-order valence-corrected chi connectivity index (χ1v) is 5.58. The Hall–Kier alpha value is -1.48. The van der Waals surface area contributed by atoms with Gasteiger partial charge >= 0.3 is 16.4 Å². The fourth-order valence-corrected chi connectivity index (χ4v) is 2.16. The summed E-state index contributed by atoms with van der Waals surface area (Å²) in [5, 5.41) is 9.49. The molecule has 0 saturated heterocycles. The van der Waals surface area contributed by atoms with Crippen molar-refractivity contribution in [1.82, 2.24) is 8.61 Å². The van der Waals surface area contributed by atoms with Crippen molar-refractivity contribution in [3.05, 3.63) is 11.6 Å². The molecule has 1 rings (SSSR count). The first-order chi connectivity index (χ1) is 7.30. The molecule has 0 aromatic rings. The van der Waals surface area contributed by atoms with Gasteiger partial charge in [0.15, 0.2) is 5.76 Å².